The molecule has 0 fully saturated rings. The van der Waals surface area contributed by atoms with E-state index >= 15 is 0 Å². The number of furan rings is 1. The van der Waals surface area contributed by atoms with Crippen LogP contribution in [0.1, 0.15) is 0 Å². The summed E-state index contributed by atoms with van der Waals surface area (Å²) in [6.07, 6.45) is 0. The van der Waals surface area contributed by atoms with E-state index in [1.54, 1.807) is 0 Å². The van der Waals surface area contributed by atoms with Crippen LogP contribution >= 0.6 is 0 Å². The molecule has 3 heteroatoms. The maximum atomic E-state index is 6.40. The van der Waals surface area contributed by atoms with Crippen molar-refractivity contribution in [3.8, 4) is 22.5 Å². The third-order valence-corrected chi connectivity index (χ3v) is 6.61. The molecule has 2 aromatic heterocycles. The summed E-state index contributed by atoms with van der Waals surface area (Å²) < 4.78 is 8.56. The second-order valence-corrected chi connectivity index (χ2v) is 8.51. The van der Waals surface area contributed by atoms with Gasteiger partial charge in [0.25, 0.3) is 0 Å². The van der Waals surface area contributed by atoms with Crippen LogP contribution in [-0.2, 0) is 7.05 Å². The highest BCUT2D eigenvalue weighted by Crippen LogP contribution is 2.41. The zero-order valence-corrected chi connectivity index (χ0v) is 18.1. The molecule has 2 heterocycles. The summed E-state index contributed by atoms with van der Waals surface area (Å²) in [5.41, 5.74) is 7.37. The lowest BCUT2D eigenvalue weighted by molar-refractivity contribution is 0.670. The van der Waals surface area contributed by atoms with Gasteiger partial charge in [-0.2, -0.15) is 0 Å². The Morgan fingerprint density at radius 1 is 0.667 bits per heavy atom. The van der Waals surface area contributed by atoms with Crippen molar-refractivity contribution in [2.75, 3.05) is 0 Å². The zero-order chi connectivity index (χ0) is 21.9. The summed E-state index contributed by atoms with van der Waals surface area (Å²) in [7, 11) is 2.07. The predicted molar refractivity (Wildman–Crippen MR) is 136 cm³/mol. The smallest absolute Gasteiger partial charge is 0.143 e. The summed E-state index contributed by atoms with van der Waals surface area (Å²) in [6.45, 7) is 0. The summed E-state index contributed by atoms with van der Waals surface area (Å²) in [5, 5.41) is 4.71. The fourth-order valence-corrected chi connectivity index (χ4v) is 5.00. The fraction of sp³-hybridized carbons (Fsp3) is 0.0333. The van der Waals surface area contributed by atoms with Crippen LogP contribution in [0.3, 0.4) is 0 Å². The zero-order valence-electron chi connectivity index (χ0n) is 18.1. The number of fused-ring (bicyclic) bond motifs is 5. The minimum absolute atomic E-state index is 0.917. The van der Waals surface area contributed by atoms with Crippen LogP contribution < -0.4 is 0 Å². The van der Waals surface area contributed by atoms with Gasteiger partial charge in [0.15, 0.2) is 0 Å². The predicted octanol–water partition coefficient (Wildman–Crippen LogP) is 7.96. The monoisotopic (exact) mass is 424 g/mol. The van der Waals surface area contributed by atoms with Crippen LogP contribution in [0.4, 0.5) is 0 Å². The van der Waals surface area contributed by atoms with Crippen molar-refractivity contribution < 1.29 is 4.42 Å². The van der Waals surface area contributed by atoms with Gasteiger partial charge in [-0.1, -0.05) is 78.9 Å². The van der Waals surface area contributed by atoms with Crippen molar-refractivity contribution in [2.24, 2.45) is 7.05 Å². The first-order valence-electron chi connectivity index (χ1n) is 11.1. The maximum absolute atomic E-state index is 6.40. The highest BCUT2D eigenvalue weighted by atomic mass is 16.3. The summed E-state index contributed by atoms with van der Waals surface area (Å²) >= 11 is 0. The summed E-state index contributed by atoms with van der Waals surface area (Å²) in [5.74, 6) is 0.967. The van der Waals surface area contributed by atoms with E-state index < -0.39 is 0 Å². The molecule has 156 valence electrons. The maximum Gasteiger partial charge on any atom is 0.143 e. The number of benzene rings is 5. The molecule has 3 nitrogen and oxygen atoms in total. The molecule has 7 rings (SSSR count). The average molecular weight is 425 g/mol. The molecule has 0 spiro atoms. The van der Waals surface area contributed by atoms with E-state index in [1.807, 2.05) is 18.2 Å². The lowest BCUT2D eigenvalue weighted by atomic mass is 9.94. The van der Waals surface area contributed by atoms with Crippen LogP contribution in [0.2, 0.25) is 0 Å². The highest BCUT2D eigenvalue weighted by molar-refractivity contribution is 6.18. The number of hydrogen-bond acceptors (Lipinski definition) is 2. The Labute approximate surface area is 190 Å². The standard InChI is InChI=1S/C30H20N2O/c1-32-26-12-6-5-11-25(26)31-30(32)20-16-14-19(15-17-20)28-22-9-3-2-8-21(22)18-24-23-10-4-7-13-27(23)33-29(24)28/h2-18H,1H3. The first kappa shape index (κ1) is 18.2. The van der Waals surface area contributed by atoms with E-state index in [4.69, 9.17) is 9.40 Å². The summed E-state index contributed by atoms with van der Waals surface area (Å²) in [6, 6.07) is 36.0. The number of aromatic nitrogens is 2. The van der Waals surface area contributed by atoms with Gasteiger partial charge in [0, 0.05) is 28.9 Å². The van der Waals surface area contributed by atoms with Crippen LogP contribution in [-0.4, -0.2) is 9.55 Å². The summed E-state index contributed by atoms with van der Waals surface area (Å²) in [4.78, 5) is 4.86. The number of aryl methyl sites for hydroxylation is 1. The van der Waals surface area contributed by atoms with E-state index in [1.165, 1.54) is 10.8 Å². The second kappa shape index (κ2) is 6.81. The Bertz CT molecular complexity index is 1820. The Hall–Kier alpha value is -4.37. The number of nitrogens with zero attached hydrogens (tertiary/aromatic N) is 2. The largest absolute Gasteiger partial charge is 0.455 e. The van der Waals surface area contributed by atoms with E-state index in [0.29, 0.717) is 0 Å². The molecule has 7 aromatic rings. The number of para-hydroxylation sites is 3. The minimum atomic E-state index is 0.917. The molecule has 5 aromatic carbocycles. The van der Waals surface area contributed by atoms with Gasteiger partial charge in [-0.3, -0.25) is 0 Å². The topological polar surface area (TPSA) is 31.0 Å². The number of hydrogen-bond donors (Lipinski definition) is 0. The molecule has 0 unspecified atom stereocenters. The molecule has 33 heavy (non-hydrogen) atoms. The molecule has 0 radical (unpaired) electrons. The Balaban J connectivity index is 1.47. The number of imidazole rings is 1. The molecular formula is C30H20N2O. The van der Waals surface area contributed by atoms with E-state index in [-0.39, 0.29) is 0 Å². The van der Waals surface area contributed by atoms with E-state index in [0.717, 1.165) is 55.5 Å². The van der Waals surface area contributed by atoms with Crippen molar-refractivity contribution in [3.05, 3.63) is 103 Å². The lowest BCUT2D eigenvalue weighted by Crippen LogP contribution is -1.92. The average Bonchev–Trinajstić information content (AvgIpc) is 3.40. The molecule has 0 saturated heterocycles. The minimum Gasteiger partial charge on any atom is -0.455 e. The van der Waals surface area contributed by atoms with Crippen molar-refractivity contribution in [1.82, 2.24) is 9.55 Å². The van der Waals surface area contributed by atoms with Crippen LogP contribution in [0.25, 0.3) is 66.3 Å². The van der Waals surface area contributed by atoms with Crippen LogP contribution in [0.5, 0.6) is 0 Å². The first-order valence-corrected chi connectivity index (χ1v) is 11.1. The van der Waals surface area contributed by atoms with Gasteiger partial charge in [-0.25, -0.2) is 4.98 Å². The van der Waals surface area contributed by atoms with Crippen LogP contribution in [0, 0.1) is 0 Å². The second-order valence-electron chi connectivity index (χ2n) is 8.51. The molecule has 0 amide bonds. The van der Waals surface area contributed by atoms with Gasteiger partial charge in [-0.15, -0.1) is 0 Å². The van der Waals surface area contributed by atoms with Gasteiger partial charge >= 0.3 is 0 Å². The molecular weight excluding hydrogens is 404 g/mol. The van der Waals surface area contributed by atoms with Crippen LogP contribution in [0.15, 0.2) is 108 Å². The Kier molecular flexibility index (Phi) is 3.76. The lowest BCUT2D eigenvalue weighted by Gasteiger charge is -2.10. The number of rotatable bonds is 2. The van der Waals surface area contributed by atoms with Gasteiger partial charge in [0.2, 0.25) is 0 Å². The van der Waals surface area contributed by atoms with Crippen molar-refractivity contribution in [1.29, 1.82) is 0 Å². The molecule has 0 aliphatic heterocycles. The van der Waals surface area contributed by atoms with E-state index in [2.05, 4.69) is 96.5 Å². The van der Waals surface area contributed by atoms with Crippen molar-refractivity contribution in [3.63, 3.8) is 0 Å². The molecule has 0 bridgehead atoms. The Morgan fingerprint density at radius 2 is 1.36 bits per heavy atom. The van der Waals surface area contributed by atoms with Gasteiger partial charge < -0.3 is 8.98 Å². The van der Waals surface area contributed by atoms with Crippen molar-refractivity contribution in [2.45, 2.75) is 0 Å². The molecule has 0 aliphatic carbocycles. The quantitative estimate of drug-likeness (QED) is 0.282. The molecule has 0 saturated carbocycles. The van der Waals surface area contributed by atoms with Crippen molar-refractivity contribution >= 4 is 43.7 Å². The third-order valence-electron chi connectivity index (χ3n) is 6.61. The normalized spacial score (nSPS) is 11.8. The fourth-order valence-electron chi connectivity index (χ4n) is 5.00. The van der Waals surface area contributed by atoms with E-state index in [9.17, 15) is 0 Å². The van der Waals surface area contributed by atoms with Gasteiger partial charge in [0.05, 0.1) is 11.0 Å². The third kappa shape index (κ3) is 2.66. The van der Waals surface area contributed by atoms with Gasteiger partial charge in [-0.05, 0) is 40.6 Å². The molecule has 0 aliphatic rings. The molecule has 0 N–H and O–H groups in total. The molecule has 0 atom stereocenters. The highest BCUT2D eigenvalue weighted by Gasteiger charge is 2.17. The first-order chi connectivity index (χ1) is 16.3. The Morgan fingerprint density at radius 3 is 2.21 bits per heavy atom. The van der Waals surface area contributed by atoms with Gasteiger partial charge in [0.1, 0.15) is 17.0 Å². The SMILES string of the molecule is Cn1c(-c2ccc(-c3c4ccccc4cc4c3oc3ccccc34)cc2)nc2ccccc21.